The number of nitrogens with zero attached hydrogens (tertiary/aromatic N) is 2. The summed E-state index contributed by atoms with van der Waals surface area (Å²) >= 11 is 14.5. The molecule has 3 aromatic rings. The number of rotatable bonds is 8. The average molecular weight is 530 g/mol. The summed E-state index contributed by atoms with van der Waals surface area (Å²) in [4.78, 5) is 32.3. The van der Waals surface area contributed by atoms with Gasteiger partial charge in [-0.25, -0.2) is 0 Å². The lowest BCUT2D eigenvalue weighted by atomic mass is 9.92. The minimum atomic E-state index is -0.294. The predicted molar refractivity (Wildman–Crippen MR) is 144 cm³/mol. The molecule has 1 aromatic heterocycles. The van der Waals surface area contributed by atoms with Crippen molar-refractivity contribution >= 4 is 46.4 Å². The smallest absolute Gasteiger partial charge is 0.242 e. The van der Waals surface area contributed by atoms with E-state index in [-0.39, 0.29) is 30.3 Å². The topological polar surface area (TPSA) is 40.6 Å². The molecule has 184 valence electrons. The van der Waals surface area contributed by atoms with Crippen molar-refractivity contribution in [2.24, 2.45) is 0 Å². The van der Waals surface area contributed by atoms with Crippen molar-refractivity contribution in [2.75, 3.05) is 19.6 Å². The van der Waals surface area contributed by atoms with Crippen molar-refractivity contribution < 1.29 is 9.59 Å². The van der Waals surface area contributed by atoms with Crippen LogP contribution in [-0.4, -0.2) is 41.2 Å². The van der Waals surface area contributed by atoms with E-state index in [0.717, 1.165) is 29.5 Å². The molecule has 2 aromatic carbocycles. The van der Waals surface area contributed by atoms with Gasteiger partial charge < -0.3 is 9.80 Å². The van der Waals surface area contributed by atoms with Crippen LogP contribution in [0.3, 0.4) is 0 Å². The molecule has 2 heterocycles. The van der Waals surface area contributed by atoms with Gasteiger partial charge in [0.05, 0.1) is 18.5 Å². The molecular weight excluding hydrogens is 499 g/mol. The summed E-state index contributed by atoms with van der Waals surface area (Å²) in [5.74, 6) is -0.326. The highest BCUT2D eigenvalue weighted by Crippen LogP contribution is 2.41. The van der Waals surface area contributed by atoms with Gasteiger partial charge in [-0.15, -0.1) is 11.3 Å². The van der Waals surface area contributed by atoms with Gasteiger partial charge in [0.25, 0.3) is 0 Å². The monoisotopic (exact) mass is 528 g/mol. The summed E-state index contributed by atoms with van der Waals surface area (Å²) in [5, 5.41) is 3.16. The van der Waals surface area contributed by atoms with Crippen molar-refractivity contribution in [3.05, 3.63) is 91.6 Å². The van der Waals surface area contributed by atoms with Gasteiger partial charge in [-0.1, -0.05) is 73.4 Å². The summed E-state index contributed by atoms with van der Waals surface area (Å²) in [5.41, 5.74) is 2.94. The van der Waals surface area contributed by atoms with E-state index in [2.05, 4.69) is 11.4 Å². The number of hydrogen-bond acceptors (Lipinski definition) is 3. The van der Waals surface area contributed by atoms with Crippen molar-refractivity contribution in [3.8, 4) is 0 Å². The van der Waals surface area contributed by atoms with Gasteiger partial charge >= 0.3 is 0 Å². The molecular formula is C28H30Cl2N2O2S. The van der Waals surface area contributed by atoms with Gasteiger partial charge in [-0.05, 0) is 59.5 Å². The molecule has 0 saturated heterocycles. The highest BCUT2D eigenvalue weighted by molar-refractivity contribution is 7.10. The van der Waals surface area contributed by atoms with Crippen LogP contribution in [0.4, 0.5) is 0 Å². The Morgan fingerprint density at radius 3 is 2.54 bits per heavy atom. The number of benzene rings is 2. The second kappa shape index (κ2) is 11.6. The van der Waals surface area contributed by atoms with E-state index in [0.29, 0.717) is 29.6 Å². The molecule has 1 aliphatic rings. The van der Waals surface area contributed by atoms with Crippen LogP contribution in [0.15, 0.2) is 60.0 Å². The van der Waals surface area contributed by atoms with Crippen LogP contribution in [0, 0.1) is 0 Å². The molecule has 0 saturated carbocycles. The molecule has 2 amide bonds. The molecule has 35 heavy (non-hydrogen) atoms. The fourth-order valence-corrected chi connectivity index (χ4v) is 6.31. The first-order chi connectivity index (χ1) is 16.9. The highest BCUT2D eigenvalue weighted by atomic mass is 35.5. The van der Waals surface area contributed by atoms with E-state index in [1.54, 1.807) is 22.3 Å². The minimum Gasteiger partial charge on any atom is -0.333 e. The molecule has 0 N–H and O–H groups in total. The molecule has 0 fully saturated rings. The normalized spacial score (nSPS) is 16.0. The second-order valence-electron chi connectivity index (χ2n) is 8.84. The fraction of sp³-hybridized carbons (Fsp3) is 0.357. The minimum absolute atomic E-state index is 0.00297. The summed E-state index contributed by atoms with van der Waals surface area (Å²) in [6, 6.07) is 17.0. The molecule has 1 aliphatic heterocycles. The standard InChI is InChI=1S/C28H30Cl2N2O2S/c1-3-14-31(28(34)21(4-2)19-8-6-5-7-9-19)18-26(33)32-15-12-25-23(13-16-35-25)27(32)22-11-10-20(29)17-24(22)30/h5-11,13,16-17,21,27H,3-4,12,14-15,18H2,1-2H3. The zero-order valence-corrected chi connectivity index (χ0v) is 22.4. The van der Waals surface area contributed by atoms with Gasteiger partial charge in [-0.2, -0.15) is 0 Å². The Balaban J connectivity index is 1.62. The number of carbonyl (C=O) groups is 2. The van der Waals surface area contributed by atoms with Gasteiger partial charge in [-0.3, -0.25) is 9.59 Å². The summed E-state index contributed by atoms with van der Waals surface area (Å²) in [7, 11) is 0. The van der Waals surface area contributed by atoms with E-state index >= 15 is 0 Å². The quantitative estimate of drug-likeness (QED) is 0.317. The lowest BCUT2D eigenvalue weighted by Gasteiger charge is -2.38. The number of hydrogen-bond donors (Lipinski definition) is 0. The van der Waals surface area contributed by atoms with Crippen LogP contribution in [0.5, 0.6) is 0 Å². The summed E-state index contributed by atoms with van der Waals surface area (Å²) < 4.78 is 0. The Bertz CT molecular complexity index is 1180. The zero-order valence-electron chi connectivity index (χ0n) is 20.0. The maximum atomic E-state index is 13.8. The molecule has 2 atom stereocenters. The van der Waals surface area contributed by atoms with Crippen LogP contribution >= 0.6 is 34.5 Å². The Morgan fingerprint density at radius 2 is 1.86 bits per heavy atom. The van der Waals surface area contributed by atoms with E-state index in [4.69, 9.17) is 23.2 Å². The number of fused-ring (bicyclic) bond motifs is 1. The summed E-state index contributed by atoms with van der Waals surface area (Å²) in [6.07, 6.45) is 2.26. The van der Waals surface area contributed by atoms with Gasteiger partial charge in [0.1, 0.15) is 0 Å². The molecule has 0 bridgehead atoms. The van der Waals surface area contributed by atoms with Crippen LogP contribution in [0.1, 0.15) is 60.2 Å². The Hall–Kier alpha value is -2.34. The first-order valence-electron chi connectivity index (χ1n) is 12.1. The highest BCUT2D eigenvalue weighted by Gasteiger charge is 2.35. The predicted octanol–water partition coefficient (Wildman–Crippen LogP) is 6.96. The number of amides is 2. The van der Waals surface area contributed by atoms with Crippen LogP contribution < -0.4 is 0 Å². The average Bonchev–Trinajstić information content (AvgIpc) is 3.33. The molecule has 4 rings (SSSR count). The fourth-order valence-electron chi connectivity index (χ4n) is 4.89. The van der Waals surface area contributed by atoms with Crippen LogP contribution in [-0.2, 0) is 16.0 Å². The molecule has 0 radical (unpaired) electrons. The number of carbonyl (C=O) groups excluding carboxylic acids is 2. The van der Waals surface area contributed by atoms with Crippen molar-refractivity contribution in [2.45, 2.75) is 45.1 Å². The largest absolute Gasteiger partial charge is 0.333 e. The lowest BCUT2D eigenvalue weighted by Crippen LogP contribution is -2.47. The molecule has 4 nitrogen and oxygen atoms in total. The Kier molecular flexibility index (Phi) is 8.53. The Labute approximate surface area is 221 Å². The van der Waals surface area contributed by atoms with Crippen molar-refractivity contribution in [1.82, 2.24) is 9.80 Å². The van der Waals surface area contributed by atoms with Crippen LogP contribution in [0.25, 0.3) is 0 Å². The SMILES string of the molecule is CCCN(CC(=O)N1CCc2sccc2C1c1ccc(Cl)cc1Cl)C(=O)C(CC)c1ccccc1. The maximum Gasteiger partial charge on any atom is 0.242 e. The first-order valence-corrected chi connectivity index (χ1v) is 13.7. The van der Waals surface area contributed by atoms with E-state index in [1.807, 2.05) is 61.2 Å². The molecule has 0 spiro atoms. The third-order valence-corrected chi connectivity index (χ3v) is 8.14. The molecule has 7 heteroatoms. The first kappa shape index (κ1) is 25.7. The number of halogens is 2. The summed E-state index contributed by atoms with van der Waals surface area (Å²) in [6.45, 7) is 5.22. The maximum absolute atomic E-state index is 13.8. The van der Waals surface area contributed by atoms with E-state index in [9.17, 15) is 9.59 Å². The Morgan fingerprint density at radius 1 is 1.09 bits per heavy atom. The van der Waals surface area contributed by atoms with Crippen molar-refractivity contribution in [1.29, 1.82) is 0 Å². The van der Waals surface area contributed by atoms with E-state index in [1.165, 1.54) is 4.88 Å². The molecule has 2 unspecified atom stereocenters. The van der Waals surface area contributed by atoms with Gasteiger partial charge in [0, 0.05) is 28.0 Å². The third-order valence-electron chi connectivity index (χ3n) is 6.58. The van der Waals surface area contributed by atoms with Crippen molar-refractivity contribution in [3.63, 3.8) is 0 Å². The number of thiophene rings is 1. The molecule has 0 aliphatic carbocycles. The van der Waals surface area contributed by atoms with Gasteiger partial charge in [0.15, 0.2) is 0 Å². The third kappa shape index (κ3) is 5.58. The second-order valence-corrected chi connectivity index (χ2v) is 10.7. The van der Waals surface area contributed by atoms with Crippen LogP contribution in [0.2, 0.25) is 10.0 Å². The zero-order chi connectivity index (χ0) is 24.9. The lowest BCUT2D eigenvalue weighted by molar-refractivity contribution is -0.142. The van der Waals surface area contributed by atoms with E-state index < -0.39 is 0 Å². The van der Waals surface area contributed by atoms with Gasteiger partial charge in [0.2, 0.25) is 11.8 Å².